The standard InChI is InChI=1S/C20H29N5O2/c1-21-19(25-10-4-9-20(14-25)11-17(26)23-13-20)22-12-15-5-7-16(8-6-15)18(27)24(2)3/h5-8H,4,9-14H2,1-3H3,(H,21,22)(H,23,26). The van der Waals surface area contributed by atoms with Crippen LogP contribution in [-0.4, -0.2) is 68.4 Å². The van der Waals surface area contributed by atoms with E-state index in [0.29, 0.717) is 18.5 Å². The van der Waals surface area contributed by atoms with Crippen molar-refractivity contribution < 1.29 is 9.59 Å². The molecule has 7 nitrogen and oxygen atoms in total. The molecule has 2 saturated heterocycles. The van der Waals surface area contributed by atoms with E-state index in [0.717, 1.165) is 44.0 Å². The van der Waals surface area contributed by atoms with Crippen molar-refractivity contribution in [2.45, 2.75) is 25.8 Å². The molecule has 146 valence electrons. The Morgan fingerprint density at radius 2 is 2.07 bits per heavy atom. The van der Waals surface area contributed by atoms with Gasteiger partial charge in [-0.2, -0.15) is 0 Å². The smallest absolute Gasteiger partial charge is 0.253 e. The van der Waals surface area contributed by atoms with Gasteiger partial charge in [-0.05, 0) is 30.5 Å². The van der Waals surface area contributed by atoms with Crippen LogP contribution in [0.3, 0.4) is 0 Å². The second-order valence-electron chi connectivity index (χ2n) is 7.78. The average molecular weight is 371 g/mol. The highest BCUT2D eigenvalue weighted by Crippen LogP contribution is 2.35. The SMILES string of the molecule is CN=C(NCc1ccc(C(=O)N(C)C)cc1)N1CCCC2(CNC(=O)C2)C1. The van der Waals surface area contributed by atoms with Gasteiger partial charge in [-0.1, -0.05) is 12.1 Å². The number of rotatable bonds is 3. The first-order chi connectivity index (χ1) is 12.9. The average Bonchev–Trinajstić information content (AvgIpc) is 3.02. The number of nitrogens with zero attached hydrogens (tertiary/aromatic N) is 3. The molecule has 2 aliphatic rings. The van der Waals surface area contributed by atoms with Crippen LogP contribution in [0.1, 0.15) is 35.2 Å². The molecular weight excluding hydrogens is 342 g/mol. The Kier molecular flexibility index (Phi) is 5.68. The Morgan fingerprint density at radius 3 is 2.67 bits per heavy atom. The highest BCUT2D eigenvalue weighted by molar-refractivity contribution is 5.93. The first-order valence-electron chi connectivity index (χ1n) is 9.45. The number of guanidine groups is 1. The third-order valence-corrected chi connectivity index (χ3v) is 5.43. The molecule has 1 spiro atoms. The number of benzene rings is 1. The van der Waals surface area contributed by atoms with Gasteiger partial charge in [-0.3, -0.25) is 14.6 Å². The summed E-state index contributed by atoms with van der Waals surface area (Å²) in [5.74, 6) is 1.03. The topological polar surface area (TPSA) is 77.0 Å². The lowest BCUT2D eigenvalue weighted by Crippen LogP contribution is -2.51. The van der Waals surface area contributed by atoms with Crippen LogP contribution < -0.4 is 10.6 Å². The molecule has 0 aromatic heterocycles. The fourth-order valence-electron chi connectivity index (χ4n) is 3.97. The third-order valence-electron chi connectivity index (χ3n) is 5.43. The highest BCUT2D eigenvalue weighted by Gasteiger charge is 2.42. The molecule has 1 aromatic carbocycles. The molecule has 3 rings (SSSR count). The maximum atomic E-state index is 12.0. The van der Waals surface area contributed by atoms with Gasteiger partial charge < -0.3 is 20.4 Å². The number of likely N-dealkylation sites (tertiary alicyclic amines) is 1. The highest BCUT2D eigenvalue weighted by atomic mass is 16.2. The summed E-state index contributed by atoms with van der Waals surface area (Å²) in [5, 5.41) is 6.40. The van der Waals surface area contributed by atoms with Crippen molar-refractivity contribution in [1.29, 1.82) is 0 Å². The maximum Gasteiger partial charge on any atom is 0.253 e. The van der Waals surface area contributed by atoms with Gasteiger partial charge in [-0.15, -0.1) is 0 Å². The quantitative estimate of drug-likeness (QED) is 0.615. The fourth-order valence-corrected chi connectivity index (χ4v) is 3.97. The molecule has 0 bridgehead atoms. The predicted octanol–water partition coefficient (Wildman–Crippen LogP) is 1.07. The van der Waals surface area contributed by atoms with Crippen LogP contribution in [0, 0.1) is 5.41 Å². The van der Waals surface area contributed by atoms with E-state index in [1.54, 1.807) is 26.0 Å². The number of piperidine rings is 1. The summed E-state index contributed by atoms with van der Waals surface area (Å²) in [6, 6.07) is 7.64. The normalized spacial score (nSPS) is 22.7. The van der Waals surface area contributed by atoms with Crippen molar-refractivity contribution in [1.82, 2.24) is 20.4 Å². The zero-order valence-corrected chi connectivity index (χ0v) is 16.4. The molecule has 27 heavy (non-hydrogen) atoms. The minimum absolute atomic E-state index is 0.00338. The number of amides is 2. The van der Waals surface area contributed by atoms with Gasteiger partial charge >= 0.3 is 0 Å². The molecule has 0 radical (unpaired) electrons. The van der Waals surface area contributed by atoms with E-state index in [4.69, 9.17) is 0 Å². The Labute approximate surface area is 160 Å². The van der Waals surface area contributed by atoms with E-state index < -0.39 is 0 Å². The minimum Gasteiger partial charge on any atom is -0.355 e. The second kappa shape index (κ2) is 7.98. The molecule has 2 aliphatic heterocycles. The summed E-state index contributed by atoms with van der Waals surface area (Å²) in [7, 11) is 5.29. The number of aliphatic imine (C=N–C) groups is 1. The molecule has 0 aliphatic carbocycles. The minimum atomic E-state index is 0.00338. The van der Waals surface area contributed by atoms with E-state index >= 15 is 0 Å². The Bertz CT molecular complexity index is 728. The fraction of sp³-hybridized carbons (Fsp3) is 0.550. The van der Waals surface area contributed by atoms with Crippen LogP contribution in [0.15, 0.2) is 29.3 Å². The largest absolute Gasteiger partial charge is 0.355 e. The number of carbonyl (C=O) groups excluding carboxylic acids is 2. The Hall–Kier alpha value is -2.57. The lowest BCUT2D eigenvalue weighted by atomic mass is 9.79. The Balaban J connectivity index is 1.59. The van der Waals surface area contributed by atoms with Crippen LogP contribution in [0.25, 0.3) is 0 Å². The van der Waals surface area contributed by atoms with Gasteiger partial charge in [0.1, 0.15) is 0 Å². The predicted molar refractivity (Wildman–Crippen MR) is 106 cm³/mol. The maximum absolute atomic E-state index is 12.0. The molecule has 7 heteroatoms. The van der Waals surface area contributed by atoms with Gasteiger partial charge in [-0.25, -0.2) is 0 Å². The molecule has 0 saturated carbocycles. The van der Waals surface area contributed by atoms with E-state index in [1.807, 2.05) is 24.3 Å². The number of hydrogen-bond acceptors (Lipinski definition) is 3. The van der Waals surface area contributed by atoms with Crippen molar-refractivity contribution in [2.75, 3.05) is 40.8 Å². The molecule has 1 unspecified atom stereocenters. The molecule has 2 fully saturated rings. The van der Waals surface area contributed by atoms with Crippen LogP contribution in [0.5, 0.6) is 0 Å². The van der Waals surface area contributed by atoms with Crippen molar-refractivity contribution >= 4 is 17.8 Å². The van der Waals surface area contributed by atoms with Gasteiger partial charge in [0.2, 0.25) is 5.91 Å². The molecular formula is C20H29N5O2. The molecule has 1 aromatic rings. The summed E-state index contributed by atoms with van der Waals surface area (Å²) in [6.07, 6.45) is 2.76. The monoisotopic (exact) mass is 371 g/mol. The first-order valence-corrected chi connectivity index (χ1v) is 9.45. The van der Waals surface area contributed by atoms with Crippen LogP contribution >= 0.6 is 0 Å². The summed E-state index contributed by atoms with van der Waals surface area (Å²) in [4.78, 5) is 31.9. The second-order valence-corrected chi connectivity index (χ2v) is 7.78. The lowest BCUT2D eigenvalue weighted by Gasteiger charge is -2.40. The number of hydrogen-bond donors (Lipinski definition) is 2. The first kappa shape index (κ1) is 19.2. The summed E-state index contributed by atoms with van der Waals surface area (Å²) in [5.41, 5.74) is 1.82. The van der Waals surface area contributed by atoms with Crippen molar-refractivity contribution in [3.63, 3.8) is 0 Å². The molecule has 2 heterocycles. The van der Waals surface area contributed by atoms with E-state index in [9.17, 15) is 9.59 Å². The Morgan fingerprint density at radius 1 is 1.33 bits per heavy atom. The van der Waals surface area contributed by atoms with E-state index in [1.165, 1.54) is 0 Å². The van der Waals surface area contributed by atoms with Gasteiger partial charge in [0.15, 0.2) is 5.96 Å². The lowest BCUT2D eigenvalue weighted by molar-refractivity contribution is -0.119. The van der Waals surface area contributed by atoms with Gasteiger partial charge in [0, 0.05) is 64.7 Å². The molecule has 1 atom stereocenters. The van der Waals surface area contributed by atoms with Crippen molar-refractivity contribution in [3.8, 4) is 0 Å². The van der Waals surface area contributed by atoms with Crippen molar-refractivity contribution in [3.05, 3.63) is 35.4 Å². The van der Waals surface area contributed by atoms with E-state index in [-0.39, 0.29) is 17.2 Å². The zero-order chi connectivity index (χ0) is 19.4. The van der Waals surface area contributed by atoms with Crippen molar-refractivity contribution in [2.24, 2.45) is 10.4 Å². The van der Waals surface area contributed by atoms with Gasteiger partial charge in [0.25, 0.3) is 5.91 Å². The molecule has 2 N–H and O–H groups in total. The number of nitrogens with one attached hydrogen (secondary N) is 2. The van der Waals surface area contributed by atoms with Crippen LogP contribution in [0.2, 0.25) is 0 Å². The summed E-state index contributed by atoms with van der Waals surface area (Å²) in [6.45, 7) is 3.21. The van der Waals surface area contributed by atoms with Crippen LogP contribution in [-0.2, 0) is 11.3 Å². The zero-order valence-electron chi connectivity index (χ0n) is 16.4. The van der Waals surface area contributed by atoms with Crippen LogP contribution in [0.4, 0.5) is 0 Å². The molecule has 2 amide bonds. The van der Waals surface area contributed by atoms with E-state index in [2.05, 4.69) is 20.5 Å². The third kappa shape index (κ3) is 4.40. The summed E-state index contributed by atoms with van der Waals surface area (Å²) >= 11 is 0. The number of carbonyl (C=O) groups is 2. The summed E-state index contributed by atoms with van der Waals surface area (Å²) < 4.78 is 0. The van der Waals surface area contributed by atoms with Gasteiger partial charge in [0.05, 0.1) is 0 Å².